The predicted octanol–water partition coefficient (Wildman–Crippen LogP) is 2.88. The van der Waals surface area contributed by atoms with Gasteiger partial charge in [0.1, 0.15) is 5.82 Å². The molecule has 0 saturated carbocycles. The number of nitrogens with two attached hydrogens (primary N) is 1. The number of hydrogen-bond donors (Lipinski definition) is 1. The van der Waals surface area contributed by atoms with Gasteiger partial charge in [-0.1, -0.05) is 6.07 Å². The summed E-state index contributed by atoms with van der Waals surface area (Å²) in [6.07, 6.45) is 3.57. The van der Waals surface area contributed by atoms with E-state index in [1.807, 2.05) is 32.3 Å². The molecule has 19 heavy (non-hydrogen) atoms. The van der Waals surface area contributed by atoms with Crippen molar-refractivity contribution >= 4 is 5.69 Å². The molecule has 3 nitrogen and oxygen atoms in total. The van der Waals surface area contributed by atoms with Crippen molar-refractivity contribution in [3.8, 4) is 0 Å². The first-order valence-electron chi connectivity index (χ1n) is 6.23. The van der Waals surface area contributed by atoms with Crippen molar-refractivity contribution < 1.29 is 4.39 Å². The molecular weight excluding hydrogens is 241 g/mol. The molecule has 2 rings (SSSR count). The van der Waals surface area contributed by atoms with Crippen LogP contribution in [0.4, 0.5) is 10.1 Å². The average molecular weight is 259 g/mol. The van der Waals surface area contributed by atoms with Crippen LogP contribution in [0.2, 0.25) is 0 Å². The summed E-state index contributed by atoms with van der Waals surface area (Å²) < 4.78 is 13.3. The minimum atomic E-state index is -0.258. The number of halogens is 1. The Balaban J connectivity index is 2.26. The summed E-state index contributed by atoms with van der Waals surface area (Å²) in [5.41, 5.74) is 8.77. The molecule has 100 valence electrons. The van der Waals surface area contributed by atoms with Gasteiger partial charge < -0.3 is 10.6 Å². The lowest BCUT2D eigenvalue weighted by Gasteiger charge is -2.24. The van der Waals surface area contributed by atoms with Crippen LogP contribution in [-0.4, -0.2) is 12.0 Å². The fraction of sp³-hybridized carbons (Fsp3) is 0.267. The quantitative estimate of drug-likeness (QED) is 0.918. The molecule has 1 atom stereocenters. The normalized spacial score (nSPS) is 12.2. The van der Waals surface area contributed by atoms with Crippen LogP contribution < -0.4 is 10.6 Å². The van der Waals surface area contributed by atoms with Crippen LogP contribution in [0.25, 0.3) is 0 Å². The molecule has 2 aromatic rings. The van der Waals surface area contributed by atoms with E-state index in [2.05, 4.69) is 9.88 Å². The molecule has 0 bridgehead atoms. The molecule has 4 heteroatoms. The second-order valence-electron chi connectivity index (χ2n) is 4.71. The summed E-state index contributed by atoms with van der Waals surface area (Å²) in [4.78, 5) is 6.14. The predicted molar refractivity (Wildman–Crippen MR) is 75.3 cm³/mol. The summed E-state index contributed by atoms with van der Waals surface area (Å²) in [6.45, 7) is 2.56. The van der Waals surface area contributed by atoms with E-state index in [1.54, 1.807) is 12.3 Å². The smallest absolute Gasteiger partial charge is 0.123 e. The molecule has 0 aliphatic rings. The highest BCUT2D eigenvalue weighted by molar-refractivity contribution is 5.54. The Morgan fingerprint density at radius 3 is 2.79 bits per heavy atom. The number of benzene rings is 1. The molecular formula is C15H18FN3. The second kappa shape index (κ2) is 5.80. The van der Waals surface area contributed by atoms with Crippen molar-refractivity contribution in [1.82, 2.24) is 4.98 Å². The molecule has 1 aromatic heterocycles. The lowest BCUT2D eigenvalue weighted by molar-refractivity contribution is 0.622. The molecule has 1 aromatic carbocycles. The van der Waals surface area contributed by atoms with Gasteiger partial charge in [0.2, 0.25) is 0 Å². The van der Waals surface area contributed by atoms with E-state index in [0.717, 1.165) is 16.8 Å². The molecule has 0 aliphatic heterocycles. The molecule has 0 amide bonds. The summed E-state index contributed by atoms with van der Waals surface area (Å²) in [5.74, 6) is -0.258. The van der Waals surface area contributed by atoms with Gasteiger partial charge in [-0.3, -0.25) is 4.98 Å². The van der Waals surface area contributed by atoms with Crippen molar-refractivity contribution in [1.29, 1.82) is 0 Å². The highest BCUT2D eigenvalue weighted by Gasteiger charge is 2.12. The number of pyridine rings is 1. The lowest BCUT2D eigenvalue weighted by Crippen LogP contribution is -2.20. The third kappa shape index (κ3) is 3.29. The van der Waals surface area contributed by atoms with E-state index < -0.39 is 0 Å². The van der Waals surface area contributed by atoms with Crippen molar-refractivity contribution in [3.05, 3.63) is 59.7 Å². The molecule has 0 saturated heterocycles. The first kappa shape index (κ1) is 13.5. The minimum Gasteiger partial charge on any atom is -0.370 e. The van der Waals surface area contributed by atoms with Crippen molar-refractivity contribution in [2.75, 3.05) is 11.9 Å². The number of aromatic nitrogens is 1. The molecule has 0 radical (unpaired) electrons. The lowest BCUT2D eigenvalue weighted by atomic mass is 10.1. The molecule has 0 fully saturated rings. The van der Waals surface area contributed by atoms with E-state index in [1.165, 1.54) is 12.1 Å². The topological polar surface area (TPSA) is 42.1 Å². The van der Waals surface area contributed by atoms with Crippen molar-refractivity contribution in [2.24, 2.45) is 5.73 Å². The number of rotatable bonds is 4. The highest BCUT2D eigenvalue weighted by Crippen LogP contribution is 2.26. The van der Waals surface area contributed by atoms with Gasteiger partial charge in [-0.2, -0.15) is 0 Å². The van der Waals surface area contributed by atoms with E-state index in [-0.39, 0.29) is 11.9 Å². The van der Waals surface area contributed by atoms with Crippen LogP contribution in [0.15, 0.2) is 42.7 Å². The molecule has 2 N–H and O–H groups in total. The van der Waals surface area contributed by atoms with Crippen LogP contribution in [0.1, 0.15) is 24.1 Å². The second-order valence-corrected chi connectivity index (χ2v) is 4.71. The monoisotopic (exact) mass is 259 g/mol. The Morgan fingerprint density at radius 2 is 2.16 bits per heavy atom. The summed E-state index contributed by atoms with van der Waals surface area (Å²) in [6, 6.07) is 8.44. The van der Waals surface area contributed by atoms with Crippen molar-refractivity contribution in [2.45, 2.75) is 19.5 Å². The zero-order chi connectivity index (χ0) is 13.8. The van der Waals surface area contributed by atoms with Gasteiger partial charge in [-0.05, 0) is 42.3 Å². The number of nitrogens with zero attached hydrogens (tertiary/aromatic N) is 2. The maximum Gasteiger partial charge on any atom is 0.123 e. The van der Waals surface area contributed by atoms with E-state index in [9.17, 15) is 4.39 Å². The van der Waals surface area contributed by atoms with Gasteiger partial charge in [0.05, 0.1) is 0 Å². The molecule has 0 unspecified atom stereocenters. The molecule has 1 heterocycles. The van der Waals surface area contributed by atoms with Gasteiger partial charge in [0.25, 0.3) is 0 Å². The first-order chi connectivity index (χ1) is 9.08. The Kier molecular flexibility index (Phi) is 4.12. The van der Waals surface area contributed by atoms with Crippen LogP contribution in [-0.2, 0) is 6.54 Å². The average Bonchev–Trinajstić information content (AvgIpc) is 2.39. The summed E-state index contributed by atoms with van der Waals surface area (Å²) in [5, 5.41) is 0. The maximum atomic E-state index is 13.3. The van der Waals surface area contributed by atoms with Gasteiger partial charge in [-0.15, -0.1) is 0 Å². The van der Waals surface area contributed by atoms with Gasteiger partial charge >= 0.3 is 0 Å². The number of anilines is 1. The third-order valence-electron chi connectivity index (χ3n) is 3.03. The zero-order valence-corrected chi connectivity index (χ0v) is 11.2. The van der Waals surface area contributed by atoms with E-state index in [0.29, 0.717) is 6.54 Å². The number of hydrogen-bond acceptors (Lipinski definition) is 3. The summed E-state index contributed by atoms with van der Waals surface area (Å²) in [7, 11) is 1.96. The fourth-order valence-electron chi connectivity index (χ4n) is 2.09. The maximum absolute atomic E-state index is 13.3. The minimum absolute atomic E-state index is 0.206. The van der Waals surface area contributed by atoms with Crippen LogP contribution >= 0.6 is 0 Å². The van der Waals surface area contributed by atoms with Crippen molar-refractivity contribution in [3.63, 3.8) is 0 Å². The highest BCUT2D eigenvalue weighted by atomic mass is 19.1. The zero-order valence-electron chi connectivity index (χ0n) is 11.2. The molecule has 0 aliphatic carbocycles. The van der Waals surface area contributed by atoms with Gasteiger partial charge in [-0.25, -0.2) is 4.39 Å². The Morgan fingerprint density at radius 1 is 1.37 bits per heavy atom. The van der Waals surface area contributed by atoms with Crippen LogP contribution in [0.3, 0.4) is 0 Å². The fourth-order valence-corrected chi connectivity index (χ4v) is 2.09. The van der Waals surface area contributed by atoms with Crippen LogP contribution in [0, 0.1) is 5.82 Å². The first-order valence-corrected chi connectivity index (χ1v) is 6.23. The van der Waals surface area contributed by atoms with E-state index >= 15 is 0 Å². The van der Waals surface area contributed by atoms with Gasteiger partial charge in [0.15, 0.2) is 0 Å². The van der Waals surface area contributed by atoms with E-state index in [4.69, 9.17) is 5.73 Å². The Labute approximate surface area is 112 Å². The summed E-state index contributed by atoms with van der Waals surface area (Å²) >= 11 is 0. The standard InChI is InChI=1S/C15H18FN3/c1-11(17)14-8-13(16)5-6-15(14)19(2)10-12-4-3-7-18-9-12/h3-9,11H,10,17H2,1-2H3/t11-/m0/s1. The van der Waals surface area contributed by atoms with Gasteiger partial charge in [0, 0.05) is 37.7 Å². The largest absolute Gasteiger partial charge is 0.370 e. The van der Waals surface area contributed by atoms with Crippen LogP contribution in [0.5, 0.6) is 0 Å². The third-order valence-corrected chi connectivity index (χ3v) is 3.03. The SMILES string of the molecule is C[C@H](N)c1cc(F)ccc1N(C)Cc1cccnc1. The Bertz CT molecular complexity index is 540. The molecule has 0 spiro atoms. The Hall–Kier alpha value is -1.94.